The third-order valence-corrected chi connectivity index (χ3v) is 3.56. The monoisotopic (exact) mass is 283 g/mol. The van der Waals surface area contributed by atoms with Crippen molar-refractivity contribution in [2.24, 2.45) is 0 Å². The minimum Gasteiger partial charge on any atom is -0.460 e. The predicted molar refractivity (Wildman–Crippen MR) is 80.8 cm³/mol. The molecule has 0 fully saturated rings. The zero-order valence-corrected chi connectivity index (χ0v) is 12.0. The van der Waals surface area contributed by atoms with E-state index in [1.807, 2.05) is 48.9 Å². The van der Waals surface area contributed by atoms with Crippen molar-refractivity contribution in [1.82, 2.24) is 4.57 Å². The molecule has 0 saturated heterocycles. The Morgan fingerprint density at radius 2 is 2.15 bits per heavy atom. The van der Waals surface area contributed by atoms with Gasteiger partial charge in [-0.15, -0.1) is 0 Å². The highest BCUT2D eigenvalue weighted by molar-refractivity contribution is 7.80. The smallest absolute Gasteiger partial charge is 0.262 e. The molecule has 1 aliphatic heterocycles. The van der Waals surface area contributed by atoms with E-state index in [4.69, 9.17) is 22.2 Å². The molecule has 2 heterocycles. The number of fused-ring (bicyclic) bond motifs is 1. The van der Waals surface area contributed by atoms with E-state index in [0.29, 0.717) is 10.9 Å². The fourth-order valence-electron chi connectivity index (χ4n) is 2.41. The lowest BCUT2D eigenvalue weighted by molar-refractivity contribution is 0.0947. The fraction of sp³-hybridized carbons (Fsp3) is 0.200. The summed E-state index contributed by atoms with van der Waals surface area (Å²) in [6.45, 7) is 3.95. The van der Waals surface area contributed by atoms with Crippen molar-refractivity contribution in [3.63, 3.8) is 0 Å². The molecule has 100 valence electrons. The second-order valence-corrected chi connectivity index (χ2v) is 5.50. The quantitative estimate of drug-likeness (QED) is 0.816. The van der Waals surface area contributed by atoms with Gasteiger partial charge in [-0.05, 0) is 56.4 Å². The van der Waals surface area contributed by atoms with E-state index < -0.39 is 5.60 Å². The molecule has 0 unspecified atom stereocenters. The van der Waals surface area contributed by atoms with Crippen LogP contribution in [0.5, 0.6) is 0 Å². The predicted octanol–water partition coefficient (Wildman–Crippen LogP) is 3.31. The Morgan fingerprint density at radius 1 is 1.35 bits per heavy atom. The molecule has 0 atom stereocenters. The minimum absolute atomic E-state index is 0.383. The van der Waals surface area contributed by atoms with Gasteiger partial charge in [0.15, 0.2) is 0 Å². The standard InChI is InChI=1S/C15H13N3OS/c1-15(2)12-8-10(18-7-3-4-11(18)9-16)5-6-13(12)17-14(20)19-15/h3-8H,1-2H3,(H,17,20). The van der Waals surface area contributed by atoms with Crippen LogP contribution in [-0.2, 0) is 10.3 Å². The number of benzene rings is 1. The summed E-state index contributed by atoms with van der Waals surface area (Å²) in [5.41, 5.74) is 2.99. The second kappa shape index (κ2) is 4.36. The number of thiocarbonyl (C=S) groups is 1. The zero-order chi connectivity index (χ0) is 14.3. The molecule has 0 radical (unpaired) electrons. The summed E-state index contributed by atoms with van der Waals surface area (Å²) in [4.78, 5) is 0. The molecule has 0 aliphatic carbocycles. The first-order valence-electron chi connectivity index (χ1n) is 6.23. The second-order valence-electron chi connectivity index (χ2n) is 5.13. The molecule has 1 aromatic heterocycles. The number of aromatic nitrogens is 1. The normalized spacial score (nSPS) is 15.8. The first-order valence-corrected chi connectivity index (χ1v) is 6.64. The molecule has 0 amide bonds. The van der Waals surface area contributed by atoms with Crippen LogP contribution in [0.4, 0.5) is 5.69 Å². The number of rotatable bonds is 1. The Balaban J connectivity index is 2.15. The van der Waals surface area contributed by atoms with Gasteiger partial charge in [0.2, 0.25) is 0 Å². The summed E-state index contributed by atoms with van der Waals surface area (Å²) in [7, 11) is 0. The van der Waals surface area contributed by atoms with Crippen molar-refractivity contribution in [3.05, 3.63) is 47.8 Å². The van der Waals surface area contributed by atoms with Crippen molar-refractivity contribution in [2.45, 2.75) is 19.4 Å². The van der Waals surface area contributed by atoms with Crippen molar-refractivity contribution in [3.8, 4) is 11.8 Å². The lowest BCUT2D eigenvalue weighted by Gasteiger charge is -2.34. The molecule has 4 nitrogen and oxygen atoms in total. The average molecular weight is 283 g/mol. The van der Waals surface area contributed by atoms with Gasteiger partial charge in [0, 0.05) is 23.1 Å². The van der Waals surface area contributed by atoms with E-state index in [9.17, 15) is 0 Å². The molecule has 1 aliphatic rings. The number of nitriles is 1. The first-order chi connectivity index (χ1) is 9.51. The van der Waals surface area contributed by atoms with E-state index in [1.54, 1.807) is 6.07 Å². The van der Waals surface area contributed by atoms with E-state index >= 15 is 0 Å². The molecule has 1 N–H and O–H groups in total. The Bertz CT molecular complexity index is 740. The number of anilines is 1. The SMILES string of the molecule is CC1(C)OC(=S)Nc2ccc(-n3cccc3C#N)cc21. The molecule has 0 spiro atoms. The molecule has 2 aromatic rings. The zero-order valence-electron chi connectivity index (χ0n) is 11.2. The third kappa shape index (κ3) is 1.95. The Morgan fingerprint density at radius 3 is 2.90 bits per heavy atom. The van der Waals surface area contributed by atoms with Crippen molar-refractivity contribution < 1.29 is 4.74 Å². The van der Waals surface area contributed by atoms with E-state index in [2.05, 4.69) is 11.4 Å². The minimum atomic E-state index is -0.492. The van der Waals surface area contributed by atoms with Gasteiger partial charge >= 0.3 is 0 Å². The maximum absolute atomic E-state index is 9.12. The summed E-state index contributed by atoms with van der Waals surface area (Å²) in [6.07, 6.45) is 1.87. The van der Waals surface area contributed by atoms with Gasteiger partial charge in [0.1, 0.15) is 17.4 Å². The Hall–Kier alpha value is -2.32. The number of ether oxygens (including phenoxy) is 1. The van der Waals surface area contributed by atoms with Crippen LogP contribution in [0.25, 0.3) is 5.69 Å². The van der Waals surface area contributed by atoms with Crippen LogP contribution in [0.3, 0.4) is 0 Å². The highest BCUT2D eigenvalue weighted by Gasteiger charge is 2.31. The van der Waals surface area contributed by atoms with Crippen LogP contribution >= 0.6 is 12.2 Å². The van der Waals surface area contributed by atoms with Crippen LogP contribution in [0.2, 0.25) is 0 Å². The van der Waals surface area contributed by atoms with E-state index in [1.165, 1.54) is 0 Å². The molecule has 0 saturated carbocycles. The van der Waals surface area contributed by atoms with Gasteiger partial charge in [-0.1, -0.05) is 0 Å². The van der Waals surface area contributed by atoms with Crippen LogP contribution < -0.4 is 5.32 Å². The third-order valence-electron chi connectivity index (χ3n) is 3.38. The molecular weight excluding hydrogens is 270 g/mol. The summed E-state index contributed by atoms with van der Waals surface area (Å²) in [6, 6.07) is 11.8. The van der Waals surface area contributed by atoms with Crippen molar-refractivity contribution in [2.75, 3.05) is 5.32 Å². The van der Waals surface area contributed by atoms with E-state index in [0.717, 1.165) is 16.9 Å². The molecule has 5 heteroatoms. The molecule has 1 aromatic carbocycles. The topological polar surface area (TPSA) is 50.0 Å². The van der Waals surface area contributed by atoms with Gasteiger partial charge in [-0.3, -0.25) is 0 Å². The highest BCUT2D eigenvalue weighted by atomic mass is 32.1. The highest BCUT2D eigenvalue weighted by Crippen LogP contribution is 2.36. The van der Waals surface area contributed by atoms with Gasteiger partial charge in [-0.2, -0.15) is 5.26 Å². The number of hydrogen-bond acceptors (Lipinski definition) is 3. The van der Waals surface area contributed by atoms with Gasteiger partial charge < -0.3 is 14.6 Å². The summed E-state index contributed by atoms with van der Waals surface area (Å²) in [5.74, 6) is 0. The summed E-state index contributed by atoms with van der Waals surface area (Å²) < 4.78 is 7.53. The van der Waals surface area contributed by atoms with Crippen LogP contribution in [0.1, 0.15) is 25.1 Å². The lowest BCUT2D eigenvalue weighted by atomic mass is 9.94. The maximum Gasteiger partial charge on any atom is 0.262 e. The van der Waals surface area contributed by atoms with Crippen molar-refractivity contribution >= 4 is 23.1 Å². The number of hydrogen-bond donors (Lipinski definition) is 1. The van der Waals surface area contributed by atoms with Crippen LogP contribution in [0.15, 0.2) is 36.5 Å². The van der Waals surface area contributed by atoms with Crippen LogP contribution in [0, 0.1) is 11.3 Å². The first kappa shape index (κ1) is 12.7. The average Bonchev–Trinajstić information content (AvgIpc) is 2.85. The molecule has 20 heavy (non-hydrogen) atoms. The fourth-order valence-corrected chi connectivity index (χ4v) is 2.73. The van der Waals surface area contributed by atoms with Crippen molar-refractivity contribution in [1.29, 1.82) is 5.26 Å². The van der Waals surface area contributed by atoms with Gasteiger partial charge in [0.05, 0.1) is 0 Å². The largest absolute Gasteiger partial charge is 0.460 e. The maximum atomic E-state index is 9.12. The Kier molecular flexibility index (Phi) is 2.77. The number of nitrogens with one attached hydrogen (secondary N) is 1. The number of nitrogens with zero attached hydrogens (tertiary/aromatic N) is 2. The Labute approximate surface area is 122 Å². The lowest BCUT2D eigenvalue weighted by Crippen LogP contribution is -2.34. The summed E-state index contributed by atoms with van der Waals surface area (Å²) in [5, 5.41) is 12.6. The summed E-state index contributed by atoms with van der Waals surface area (Å²) >= 11 is 5.10. The molecule has 3 rings (SSSR count). The molecular formula is C15H13N3OS. The van der Waals surface area contributed by atoms with Crippen LogP contribution in [-0.4, -0.2) is 9.74 Å². The van der Waals surface area contributed by atoms with Gasteiger partial charge in [0.25, 0.3) is 5.17 Å². The van der Waals surface area contributed by atoms with E-state index in [-0.39, 0.29) is 0 Å². The van der Waals surface area contributed by atoms with Gasteiger partial charge in [-0.25, -0.2) is 0 Å². The molecule has 0 bridgehead atoms.